The maximum absolute atomic E-state index is 11.2. The molecule has 0 aliphatic heterocycles. The minimum absolute atomic E-state index is 0.132. The number of halogens is 1. The summed E-state index contributed by atoms with van der Waals surface area (Å²) in [6, 6.07) is 4.43. The van der Waals surface area contributed by atoms with Crippen molar-refractivity contribution in [3.8, 4) is 6.07 Å². The summed E-state index contributed by atoms with van der Waals surface area (Å²) in [7, 11) is 1.31. The van der Waals surface area contributed by atoms with Crippen LogP contribution in [0.3, 0.4) is 0 Å². The Kier molecular flexibility index (Phi) is 3.35. The molecule has 0 atom stereocenters. The van der Waals surface area contributed by atoms with Crippen LogP contribution in [0.25, 0.3) is 0 Å². The minimum atomic E-state index is -3.89. The lowest BCUT2D eigenvalue weighted by atomic mass is 10.1. The lowest BCUT2D eigenvalue weighted by molar-refractivity contribution is 0.280. The van der Waals surface area contributed by atoms with E-state index < -0.39 is 9.05 Å². The zero-order valence-electron chi connectivity index (χ0n) is 7.86. The van der Waals surface area contributed by atoms with Crippen molar-refractivity contribution in [3.05, 3.63) is 28.8 Å². The number of nitrogens with zero attached hydrogens (tertiary/aromatic N) is 1. The van der Waals surface area contributed by atoms with Crippen LogP contribution >= 0.6 is 10.7 Å². The molecule has 0 spiro atoms. The van der Waals surface area contributed by atoms with Crippen molar-refractivity contribution in [1.82, 2.24) is 0 Å². The molecule has 1 rings (SSSR count). The van der Waals surface area contributed by atoms with Crippen molar-refractivity contribution in [2.24, 2.45) is 0 Å². The van der Waals surface area contributed by atoms with E-state index in [0.29, 0.717) is 11.1 Å². The van der Waals surface area contributed by atoms with Crippen LogP contribution in [0.15, 0.2) is 17.0 Å². The minimum Gasteiger partial charge on any atom is -0.392 e. The standard InChI is InChI=1S/C9H8ClNO3S/c1-6-8(5-12)2-7(4-11)3-9(6)15(10,13)14/h2-3,12H,5H2,1H3. The normalized spacial score (nSPS) is 11.1. The molecule has 0 heterocycles. The number of hydrogen-bond donors (Lipinski definition) is 1. The Morgan fingerprint density at radius 3 is 2.53 bits per heavy atom. The average molecular weight is 246 g/mol. The molecule has 1 N–H and O–H groups in total. The van der Waals surface area contributed by atoms with E-state index in [9.17, 15) is 8.42 Å². The number of benzene rings is 1. The highest BCUT2D eigenvalue weighted by Gasteiger charge is 2.17. The first-order chi connectivity index (χ1) is 6.90. The lowest BCUT2D eigenvalue weighted by Gasteiger charge is -2.07. The smallest absolute Gasteiger partial charge is 0.261 e. The fraction of sp³-hybridized carbons (Fsp3) is 0.222. The summed E-state index contributed by atoms with van der Waals surface area (Å²) in [5.74, 6) is 0. The van der Waals surface area contributed by atoms with Crippen LogP contribution < -0.4 is 0 Å². The van der Waals surface area contributed by atoms with Crippen LogP contribution in [0.2, 0.25) is 0 Å². The van der Waals surface area contributed by atoms with E-state index in [1.165, 1.54) is 19.1 Å². The molecule has 0 aromatic heterocycles. The summed E-state index contributed by atoms with van der Waals surface area (Å²) >= 11 is 0. The maximum Gasteiger partial charge on any atom is 0.261 e. The maximum atomic E-state index is 11.2. The second kappa shape index (κ2) is 4.19. The predicted octanol–water partition coefficient (Wildman–Crippen LogP) is 1.29. The highest BCUT2D eigenvalue weighted by molar-refractivity contribution is 8.13. The van der Waals surface area contributed by atoms with Crippen LogP contribution in [0.4, 0.5) is 0 Å². The van der Waals surface area contributed by atoms with E-state index in [1.807, 2.05) is 6.07 Å². The fourth-order valence-corrected chi connectivity index (χ4v) is 2.47. The monoisotopic (exact) mass is 245 g/mol. The second-order valence-electron chi connectivity index (χ2n) is 2.97. The first-order valence-corrected chi connectivity index (χ1v) is 6.30. The summed E-state index contributed by atoms with van der Waals surface area (Å²) < 4.78 is 22.3. The first kappa shape index (κ1) is 12.0. The van der Waals surface area contributed by atoms with Crippen molar-refractivity contribution < 1.29 is 13.5 Å². The van der Waals surface area contributed by atoms with Crippen molar-refractivity contribution >= 4 is 19.7 Å². The zero-order chi connectivity index (χ0) is 11.6. The number of aliphatic hydroxyl groups is 1. The molecule has 0 unspecified atom stereocenters. The van der Waals surface area contributed by atoms with E-state index in [2.05, 4.69) is 0 Å². The van der Waals surface area contributed by atoms with E-state index in [4.69, 9.17) is 21.1 Å². The third-order valence-electron chi connectivity index (χ3n) is 2.03. The van der Waals surface area contributed by atoms with E-state index >= 15 is 0 Å². The molecule has 0 aliphatic rings. The van der Waals surface area contributed by atoms with E-state index in [-0.39, 0.29) is 17.1 Å². The number of aliphatic hydroxyl groups excluding tert-OH is 1. The fourth-order valence-electron chi connectivity index (χ4n) is 1.23. The van der Waals surface area contributed by atoms with Crippen molar-refractivity contribution in [3.63, 3.8) is 0 Å². The van der Waals surface area contributed by atoms with Gasteiger partial charge in [-0.2, -0.15) is 5.26 Å². The summed E-state index contributed by atoms with van der Waals surface area (Å²) in [4.78, 5) is -0.132. The molecule has 80 valence electrons. The van der Waals surface area contributed by atoms with Gasteiger partial charge in [0.1, 0.15) is 0 Å². The van der Waals surface area contributed by atoms with Gasteiger partial charge in [-0.3, -0.25) is 0 Å². The van der Waals surface area contributed by atoms with Crippen molar-refractivity contribution in [1.29, 1.82) is 5.26 Å². The molecule has 1 aromatic rings. The lowest BCUT2D eigenvalue weighted by Crippen LogP contribution is -2.00. The van der Waals surface area contributed by atoms with E-state index in [0.717, 1.165) is 0 Å². The molecule has 4 nitrogen and oxygen atoms in total. The quantitative estimate of drug-likeness (QED) is 0.797. The van der Waals surface area contributed by atoms with Gasteiger partial charge in [-0.25, -0.2) is 8.42 Å². The van der Waals surface area contributed by atoms with Gasteiger partial charge in [-0.05, 0) is 30.2 Å². The Balaban J connectivity index is 3.60. The predicted molar refractivity (Wildman–Crippen MR) is 54.9 cm³/mol. The number of rotatable bonds is 2. The molecular weight excluding hydrogens is 238 g/mol. The van der Waals surface area contributed by atoms with Gasteiger partial charge in [0.25, 0.3) is 9.05 Å². The van der Waals surface area contributed by atoms with Gasteiger partial charge in [0.2, 0.25) is 0 Å². The average Bonchev–Trinajstić information content (AvgIpc) is 2.16. The summed E-state index contributed by atoms with van der Waals surface area (Å²) in [6.07, 6.45) is 0. The Morgan fingerprint density at radius 1 is 1.53 bits per heavy atom. The highest BCUT2D eigenvalue weighted by atomic mass is 35.7. The Hall–Kier alpha value is -1.09. The van der Waals surface area contributed by atoms with E-state index in [1.54, 1.807) is 0 Å². The molecule has 0 amide bonds. The Bertz CT molecular complexity index is 531. The number of hydrogen-bond acceptors (Lipinski definition) is 4. The van der Waals surface area contributed by atoms with Crippen LogP contribution in [0, 0.1) is 18.3 Å². The summed E-state index contributed by atoms with van der Waals surface area (Å²) in [6.45, 7) is 1.20. The Morgan fingerprint density at radius 2 is 2.13 bits per heavy atom. The zero-order valence-corrected chi connectivity index (χ0v) is 9.43. The van der Waals surface area contributed by atoms with Crippen molar-refractivity contribution in [2.45, 2.75) is 18.4 Å². The van der Waals surface area contributed by atoms with Crippen LogP contribution in [0.5, 0.6) is 0 Å². The van der Waals surface area contributed by atoms with Crippen LogP contribution in [0.1, 0.15) is 16.7 Å². The molecule has 0 saturated carbocycles. The van der Waals surface area contributed by atoms with Gasteiger partial charge in [-0.15, -0.1) is 0 Å². The third kappa shape index (κ3) is 2.48. The first-order valence-electron chi connectivity index (χ1n) is 3.99. The van der Waals surface area contributed by atoms with Crippen LogP contribution in [-0.4, -0.2) is 13.5 Å². The van der Waals surface area contributed by atoms with Crippen molar-refractivity contribution in [2.75, 3.05) is 0 Å². The third-order valence-corrected chi connectivity index (χ3v) is 3.48. The SMILES string of the molecule is Cc1c(CO)cc(C#N)cc1S(=O)(=O)Cl. The molecule has 0 bridgehead atoms. The summed E-state index contributed by atoms with van der Waals surface area (Å²) in [5, 5.41) is 17.7. The number of nitriles is 1. The molecule has 15 heavy (non-hydrogen) atoms. The Labute approximate surface area is 92.1 Å². The molecule has 6 heteroatoms. The topological polar surface area (TPSA) is 78.2 Å². The molecule has 0 radical (unpaired) electrons. The van der Waals surface area contributed by atoms with Gasteiger partial charge < -0.3 is 5.11 Å². The molecule has 0 aliphatic carbocycles. The summed E-state index contributed by atoms with van der Waals surface area (Å²) in [5.41, 5.74) is 0.906. The molecular formula is C9H8ClNO3S. The van der Waals surface area contributed by atoms with Gasteiger partial charge in [0.15, 0.2) is 0 Å². The van der Waals surface area contributed by atoms with Crippen LogP contribution in [-0.2, 0) is 15.7 Å². The molecule has 1 aromatic carbocycles. The largest absolute Gasteiger partial charge is 0.392 e. The molecule has 0 fully saturated rings. The second-order valence-corrected chi connectivity index (χ2v) is 5.50. The van der Waals surface area contributed by atoms with Gasteiger partial charge in [-0.1, -0.05) is 0 Å². The molecule has 0 saturated heterocycles. The van der Waals surface area contributed by atoms with Gasteiger partial charge in [0, 0.05) is 10.7 Å². The van der Waals surface area contributed by atoms with Gasteiger partial charge >= 0.3 is 0 Å². The van der Waals surface area contributed by atoms with Gasteiger partial charge in [0.05, 0.1) is 23.1 Å². The highest BCUT2D eigenvalue weighted by Crippen LogP contribution is 2.24.